The molecule has 15 heavy (non-hydrogen) atoms. The van der Waals surface area contributed by atoms with Gasteiger partial charge >= 0.3 is 5.97 Å². The van der Waals surface area contributed by atoms with Gasteiger partial charge in [-0.2, -0.15) is 0 Å². The Morgan fingerprint density at radius 3 is 2.27 bits per heavy atom. The van der Waals surface area contributed by atoms with Crippen molar-refractivity contribution in [1.29, 1.82) is 0 Å². The molecule has 0 aromatic heterocycles. The first kappa shape index (κ1) is 14.2. The Labute approximate surface area is 92.1 Å². The van der Waals surface area contributed by atoms with Crippen molar-refractivity contribution in [2.24, 2.45) is 0 Å². The van der Waals surface area contributed by atoms with Crippen molar-refractivity contribution in [2.75, 3.05) is 0 Å². The fourth-order valence-electron chi connectivity index (χ4n) is 1.33. The highest BCUT2D eigenvalue weighted by Gasteiger charge is 2.21. The highest BCUT2D eigenvalue weighted by Crippen LogP contribution is 2.13. The van der Waals surface area contributed by atoms with Gasteiger partial charge in [0.05, 0.1) is 6.10 Å². The molecule has 3 nitrogen and oxygen atoms in total. The Morgan fingerprint density at radius 2 is 1.87 bits per heavy atom. The molecule has 0 fully saturated rings. The zero-order valence-electron chi connectivity index (χ0n) is 9.95. The lowest BCUT2D eigenvalue weighted by atomic mass is 10.0. The maximum Gasteiger partial charge on any atom is 0.333 e. The molecule has 2 unspecified atom stereocenters. The molecule has 3 heteroatoms. The van der Waals surface area contributed by atoms with Crippen LogP contribution in [0.4, 0.5) is 0 Å². The van der Waals surface area contributed by atoms with Crippen molar-refractivity contribution >= 4 is 5.97 Å². The predicted octanol–water partition coefficient (Wildman–Crippen LogP) is 2.44. The molecule has 0 saturated heterocycles. The van der Waals surface area contributed by atoms with Gasteiger partial charge in [0, 0.05) is 5.57 Å². The van der Waals surface area contributed by atoms with E-state index in [1.807, 2.05) is 13.8 Å². The number of hydrogen-bond acceptors (Lipinski definition) is 3. The molecule has 0 amide bonds. The molecular formula is C12H22O3. The van der Waals surface area contributed by atoms with Crippen LogP contribution in [0.2, 0.25) is 0 Å². The normalized spacial score (nSPS) is 14.4. The van der Waals surface area contributed by atoms with Gasteiger partial charge in [0.1, 0.15) is 6.10 Å². The molecular weight excluding hydrogens is 192 g/mol. The van der Waals surface area contributed by atoms with E-state index in [9.17, 15) is 9.90 Å². The third-order valence-electron chi connectivity index (χ3n) is 2.19. The van der Waals surface area contributed by atoms with E-state index in [1.54, 1.807) is 6.92 Å². The summed E-state index contributed by atoms with van der Waals surface area (Å²) in [4.78, 5) is 11.3. The molecule has 0 saturated carbocycles. The van der Waals surface area contributed by atoms with E-state index < -0.39 is 12.1 Å². The minimum Gasteiger partial charge on any atom is -0.456 e. The van der Waals surface area contributed by atoms with Crippen LogP contribution in [0, 0.1) is 0 Å². The summed E-state index contributed by atoms with van der Waals surface area (Å²) < 4.78 is 5.18. The Kier molecular flexibility index (Phi) is 7.05. The molecule has 0 spiro atoms. The first-order chi connectivity index (χ1) is 7.02. The maximum absolute atomic E-state index is 11.3. The topological polar surface area (TPSA) is 46.5 Å². The van der Waals surface area contributed by atoms with Crippen LogP contribution in [-0.4, -0.2) is 23.3 Å². The maximum atomic E-state index is 11.3. The third-order valence-corrected chi connectivity index (χ3v) is 2.19. The fraction of sp³-hybridized carbons (Fsp3) is 0.750. The zero-order chi connectivity index (χ0) is 11.8. The number of hydrogen-bond donors (Lipinski definition) is 1. The Bertz CT molecular complexity index is 211. The Hall–Kier alpha value is -0.830. The van der Waals surface area contributed by atoms with Crippen molar-refractivity contribution in [3.63, 3.8) is 0 Å². The fourth-order valence-corrected chi connectivity index (χ4v) is 1.33. The quantitative estimate of drug-likeness (QED) is 0.523. The van der Waals surface area contributed by atoms with Crippen molar-refractivity contribution in [3.05, 3.63) is 12.2 Å². The van der Waals surface area contributed by atoms with E-state index in [-0.39, 0.29) is 6.10 Å². The van der Waals surface area contributed by atoms with E-state index in [4.69, 9.17) is 4.74 Å². The first-order valence-corrected chi connectivity index (χ1v) is 5.57. The van der Waals surface area contributed by atoms with Crippen LogP contribution in [0.15, 0.2) is 12.2 Å². The van der Waals surface area contributed by atoms with Crippen molar-refractivity contribution in [2.45, 2.75) is 58.7 Å². The number of carbonyl (C=O) groups excluding carboxylic acids is 1. The van der Waals surface area contributed by atoms with Crippen LogP contribution in [0.5, 0.6) is 0 Å². The van der Waals surface area contributed by atoms with Gasteiger partial charge in [-0.25, -0.2) is 4.79 Å². The number of rotatable bonds is 7. The van der Waals surface area contributed by atoms with E-state index >= 15 is 0 Å². The van der Waals surface area contributed by atoms with Gasteiger partial charge in [0.15, 0.2) is 0 Å². The summed E-state index contributed by atoms with van der Waals surface area (Å²) in [7, 11) is 0. The molecule has 0 rings (SSSR count). The molecule has 0 bridgehead atoms. The second kappa shape index (κ2) is 7.46. The molecule has 0 aliphatic rings. The summed E-state index contributed by atoms with van der Waals surface area (Å²) in [6.45, 7) is 9.12. The van der Waals surface area contributed by atoms with Crippen LogP contribution in [-0.2, 0) is 9.53 Å². The van der Waals surface area contributed by atoms with E-state index in [0.29, 0.717) is 18.4 Å². The summed E-state index contributed by atoms with van der Waals surface area (Å²) in [6.07, 6.45) is 2.17. The summed E-state index contributed by atoms with van der Waals surface area (Å²) in [5, 5.41) is 9.76. The van der Waals surface area contributed by atoms with Gasteiger partial charge in [-0.3, -0.25) is 0 Å². The number of esters is 1. The lowest BCUT2D eigenvalue weighted by Gasteiger charge is -2.22. The summed E-state index contributed by atoms with van der Waals surface area (Å²) >= 11 is 0. The lowest BCUT2D eigenvalue weighted by molar-refractivity contribution is -0.151. The standard InChI is InChI=1S/C12H22O3/c1-5-7-10(13)11(8-6-2)15-12(14)9(3)4/h10-11,13H,3,5-8H2,1-2,4H3. The van der Waals surface area contributed by atoms with Gasteiger partial charge in [-0.05, 0) is 19.8 Å². The minimum absolute atomic E-state index is 0.375. The van der Waals surface area contributed by atoms with Gasteiger partial charge < -0.3 is 9.84 Å². The Morgan fingerprint density at radius 1 is 1.33 bits per heavy atom. The second-order valence-corrected chi connectivity index (χ2v) is 3.87. The van der Waals surface area contributed by atoms with Crippen LogP contribution < -0.4 is 0 Å². The molecule has 88 valence electrons. The number of aliphatic hydroxyl groups is 1. The van der Waals surface area contributed by atoms with Crippen molar-refractivity contribution in [1.82, 2.24) is 0 Å². The summed E-state index contributed by atoms with van der Waals surface area (Å²) in [6, 6.07) is 0. The molecule has 1 N–H and O–H groups in total. The molecule has 2 atom stereocenters. The Balaban J connectivity index is 4.25. The predicted molar refractivity (Wildman–Crippen MR) is 60.5 cm³/mol. The summed E-state index contributed by atoms with van der Waals surface area (Å²) in [5.41, 5.74) is 0.375. The van der Waals surface area contributed by atoms with Crippen molar-refractivity contribution < 1.29 is 14.6 Å². The van der Waals surface area contributed by atoms with Gasteiger partial charge in [-0.1, -0.05) is 33.3 Å². The third kappa shape index (κ3) is 5.57. The van der Waals surface area contributed by atoms with Gasteiger partial charge in [0.2, 0.25) is 0 Å². The molecule has 0 heterocycles. The molecule has 0 aliphatic heterocycles. The summed E-state index contributed by atoms with van der Waals surface area (Å²) in [5.74, 6) is -0.413. The van der Waals surface area contributed by atoms with E-state index in [1.165, 1.54) is 0 Å². The zero-order valence-corrected chi connectivity index (χ0v) is 9.95. The van der Waals surface area contributed by atoms with Crippen LogP contribution in [0.25, 0.3) is 0 Å². The SMILES string of the molecule is C=C(C)C(=O)OC(CCC)C(O)CCC. The van der Waals surface area contributed by atoms with Crippen LogP contribution in [0.1, 0.15) is 46.5 Å². The van der Waals surface area contributed by atoms with Crippen LogP contribution in [0.3, 0.4) is 0 Å². The average Bonchev–Trinajstić information content (AvgIpc) is 2.17. The molecule has 0 aromatic carbocycles. The molecule has 0 aliphatic carbocycles. The minimum atomic E-state index is -0.557. The van der Waals surface area contributed by atoms with Crippen LogP contribution >= 0.6 is 0 Å². The molecule has 0 radical (unpaired) electrons. The molecule has 0 aromatic rings. The van der Waals surface area contributed by atoms with E-state index in [0.717, 1.165) is 12.8 Å². The number of carbonyl (C=O) groups is 1. The van der Waals surface area contributed by atoms with Gasteiger partial charge in [-0.15, -0.1) is 0 Å². The lowest BCUT2D eigenvalue weighted by Crippen LogP contribution is -2.31. The number of aliphatic hydroxyl groups excluding tert-OH is 1. The number of ether oxygens (including phenoxy) is 1. The first-order valence-electron chi connectivity index (χ1n) is 5.57. The second-order valence-electron chi connectivity index (χ2n) is 3.87. The van der Waals surface area contributed by atoms with Crippen molar-refractivity contribution in [3.8, 4) is 0 Å². The highest BCUT2D eigenvalue weighted by molar-refractivity contribution is 5.87. The average molecular weight is 214 g/mol. The monoisotopic (exact) mass is 214 g/mol. The van der Waals surface area contributed by atoms with Gasteiger partial charge in [0.25, 0.3) is 0 Å². The smallest absolute Gasteiger partial charge is 0.333 e. The largest absolute Gasteiger partial charge is 0.456 e. The highest BCUT2D eigenvalue weighted by atomic mass is 16.6. The van der Waals surface area contributed by atoms with E-state index in [2.05, 4.69) is 6.58 Å².